The SMILES string of the molecule is CCOC(=O)C1CN1C1CCCCCC1. The minimum atomic E-state index is -0.0123. The molecule has 1 saturated heterocycles. The number of carbonyl (C=O) groups excluding carboxylic acids is 1. The zero-order valence-electron chi connectivity index (χ0n) is 9.58. The van der Waals surface area contributed by atoms with Crippen LogP contribution in [-0.4, -0.2) is 36.1 Å². The summed E-state index contributed by atoms with van der Waals surface area (Å²) in [6.45, 7) is 3.31. The summed E-state index contributed by atoms with van der Waals surface area (Å²) in [5.41, 5.74) is 0. The van der Waals surface area contributed by atoms with Gasteiger partial charge in [-0.1, -0.05) is 25.7 Å². The molecule has 86 valence electrons. The lowest BCUT2D eigenvalue weighted by atomic mass is 10.1. The summed E-state index contributed by atoms with van der Waals surface area (Å²) < 4.78 is 5.04. The summed E-state index contributed by atoms with van der Waals surface area (Å²) in [7, 11) is 0. The fourth-order valence-corrected chi connectivity index (χ4v) is 2.59. The molecular weight excluding hydrogens is 190 g/mol. The van der Waals surface area contributed by atoms with E-state index in [9.17, 15) is 4.79 Å². The first-order valence-corrected chi connectivity index (χ1v) is 6.25. The van der Waals surface area contributed by atoms with Gasteiger partial charge in [0.05, 0.1) is 6.61 Å². The van der Waals surface area contributed by atoms with Gasteiger partial charge in [0, 0.05) is 12.6 Å². The van der Waals surface area contributed by atoms with Crippen LogP contribution in [0.25, 0.3) is 0 Å². The number of esters is 1. The molecule has 2 unspecified atom stereocenters. The van der Waals surface area contributed by atoms with Gasteiger partial charge in [0.1, 0.15) is 6.04 Å². The molecule has 0 N–H and O–H groups in total. The predicted octanol–water partition coefficient (Wildman–Crippen LogP) is 1.96. The van der Waals surface area contributed by atoms with Gasteiger partial charge < -0.3 is 4.74 Å². The van der Waals surface area contributed by atoms with E-state index in [1.165, 1.54) is 38.5 Å². The van der Waals surface area contributed by atoms with E-state index in [-0.39, 0.29) is 12.0 Å². The predicted molar refractivity (Wildman–Crippen MR) is 58.6 cm³/mol. The summed E-state index contributed by atoms with van der Waals surface area (Å²) in [6.07, 6.45) is 7.95. The van der Waals surface area contributed by atoms with Crippen molar-refractivity contribution in [1.29, 1.82) is 0 Å². The van der Waals surface area contributed by atoms with E-state index >= 15 is 0 Å². The van der Waals surface area contributed by atoms with Gasteiger partial charge in [-0.3, -0.25) is 9.69 Å². The van der Waals surface area contributed by atoms with Crippen LogP contribution in [0, 0.1) is 0 Å². The van der Waals surface area contributed by atoms with Crippen LogP contribution in [0.1, 0.15) is 45.4 Å². The number of nitrogens with zero attached hydrogens (tertiary/aromatic N) is 1. The molecule has 1 heterocycles. The maximum absolute atomic E-state index is 11.5. The third-order valence-corrected chi connectivity index (χ3v) is 3.50. The molecule has 0 bridgehead atoms. The first-order chi connectivity index (χ1) is 7.33. The minimum Gasteiger partial charge on any atom is -0.465 e. The van der Waals surface area contributed by atoms with Crippen molar-refractivity contribution >= 4 is 5.97 Å². The van der Waals surface area contributed by atoms with Crippen LogP contribution in [0.3, 0.4) is 0 Å². The summed E-state index contributed by atoms with van der Waals surface area (Å²) in [5, 5.41) is 0. The molecular formula is C12H21NO2. The van der Waals surface area contributed by atoms with E-state index < -0.39 is 0 Å². The molecule has 2 rings (SSSR count). The molecule has 0 amide bonds. The lowest BCUT2D eigenvalue weighted by Gasteiger charge is -2.15. The molecule has 0 radical (unpaired) electrons. The number of carbonyl (C=O) groups is 1. The molecule has 3 heteroatoms. The van der Waals surface area contributed by atoms with Crippen LogP contribution in [0.4, 0.5) is 0 Å². The van der Waals surface area contributed by atoms with Crippen molar-refractivity contribution in [1.82, 2.24) is 4.90 Å². The number of hydrogen-bond acceptors (Lipinski definition) is 3. The zero-order valence-corrected chi connectivity index (χ0v) is 9.58. The summed E-state index contributed by atoms with van der Waals surface area (Å²) in [4.78, 5) is 13.8. The lowest BCUT2D eigenvalue weighted by Crippen LogP contribution is -2.24. The molecule has 1 aliphatic carbocycles. The molecule has 0 spiro atoms. The van der Waals surface area contributed by atoms with Crippen LogP contribution in [0.5, 0.6) is 0 Å². The van der Waals surface area contributed by atoms with Crippen LogP contribution in [0.2, 0.25) is 0 Å². The minimum absolute atomic E-state index is 0.0123. The molecule has 0 aromatic heterocycles. The Balaban J connectivity index is 1.78. The molecule has 2 atom stereocenters. The fourth-order valence-electron chi connectivity index (χ4n) is 2.59. The van der Waals surface area contributed by atoms with E-state index in [0.29, 0.717) is 12.6 Å². The molecule has 0 aromatic rings. The van der Waals surface area contributed by atoms with Gasteiger partial charge in [-0.2, -0.15) is 0 Å². The molecule has 1 saturated carbocycles. The Morgan fingerprint density at radius 3 is 2.53 bits per heavy atom. The zero-order chi connectivity index (χ0) is 10.7. The van der Waals surface area contributed by atoms with Crippen LogP contribution in [-0.2, 0) is 9.53 Å². The Kier molecular flexibility index (Phi) is 3.62. The third-order valence-electron chi connectivity index (χ3n) is 3.50. The molecule has 15 heavy (non-hydrogen) atoms. The van der Waals surface area contributed by atoms with Crippen molar-refractivity contribution < 1.29 is 9.53 Å². The van der Waals surface area contributed by atoms with Gasteiger partial charge in [-0.15, -0.1) is 0 Å². The standard InChI is InChI=1S/C12H21NO2/c1-2-15-12(14)11-9-13(11)10-7-5-3-4-6-8-10/h10-11H,2-9H2,1H3. The number of rotatable bonds is 3. The number of ether oxygens (including phenoxy) is 1. The lowest BCUT2D eigenvalue weighted by molar-refractivity contribution is -0.143. The highest BCUT2D eigenvalue weighted by Crippen LogP contribution is 2.30. The second kappa shape index (κ2) is 4.97. The van der Waals surface area contributed by atoms with Crippen molar-refractivity contribution in [2.24, 2.45) is 0 Å². The Morgan fingerprint density at radius 2 is 1.93 bits per heavy atom. The Morgan fingerprint density at radius 1 is 1.27 bits per heavy atom. The van der Waals surface area contributed by atoms with Gasteiger partial charge >= 0.3 is 5.97 Å². The third kappa shape index (κ3) is 2.71. The van der Waals surface area contributed by atoms with Crippen LogP contribution in [0.15, 0.2) is 0 Å². The van der Waals surface area contributed by atoms with Gasteiger partial charge in [0.2, 0.25) is 0 Å². The van der Waals surface area contributed by atoms with Crippen molar-refractivity contribution in [2.45, 2.75) is 57.5 Å². The Bertz CT molecular complexity index is 222. The smallest absolute Gasteiger partial charge is 0.324 e. The summed E-state index contributed by atoms with van der Waals surface area (Å²) >= 11 is 0. The Labute approximate surface area is 91.8 Å². The molecule has 2 fully saturated rings. The highest BCUT2D eigenvalue weighted by Gasteiger charge is 2.45. The Hall–Kier alpha value is -0.570. The summed E-state index contributed by atoms with van der Waals surface area (Å²) in [6, 6.07) is 0.745. The van der Waals surface area contributed by atoms with Crippen molar-refractivity contribution in [3.63, 3.8) is 0 Å². The van der Waals surface area contributed by atoms with Crippen LogP contribution < -0.4 is 0 Å². The second-order valence-corrected chi connectivity index (χ2v) is 4.61. The van der Waals surface area contributed by atoms with Gasteiger partial charge in [0.15, 0.2) is 0 Å². The maximum Gasteiger partial charge on any atom is 0.324 e. The quantitative estimate of drug-likeness (QED) is 0.406. The van der Waals surface area contributed by atoms with Gasteiger partial charge in [0.25, 0.3) is 0 Å². The topological polar surface area (TPSA) is 29.3 Å². The highest BCUT2D eigenvalue weighted by atomic mass is 16.5. The first-order valence-electron chi connectivity index (χ1n) is 6.25. The van der Waals surface area contributed by atoms with Gasteiger partial charge in [-0.05, 0) is 19.8 Å². The number of hydrogen-bond donors (Lipinski definition) is 0. The largest absolute Gasteiger partial charge is 0.465 e. The fraction of sp³-hybridized carbons (Fsp3) is 0.917. The maximum atomic E-state index is 11.5. The van der Waals surface area contributed by atoms with E-state index in [4.69, 9.17) is 4.74 Å². The van der Waals surface area contributed by atoms with E-state index in [2.05, 4.69) is 4.90 Å². The summed E-state index contributed by atoms with van der Waals surface area (Å²) in [5.74, 6) is -0.0123. The highest BCUT2D eigenvalue weighted by molar-refractivity contribution is 5.79. The van der Waals surface area contributed by atoms with Gasteiger partial charge in [-0.25, -0.2) is 0 Å². The molecule has 2 aliphatic rings. The average molecular weight is 211 g/mol. The van der Waals surface area contributed by atoms with Crippen molar-refractivity contribution in [3.8, 4) is 0 Å². The molecule has 0 aromatic carbocycles. The van der Waals surface area contributed by atoms with E-state index in [1.54, 1.807) is 0 Å². The molecule has 3 nitrogen and oxygen atoms in total. The second-order valence-electron chi connectivity index (χ2n) is 4.61. The monoisotopic (exact) mass is 211 g/mol. The van der Waals surface area contributed by atoms with Crippen LogP contribution >= 0.6 is 0 Å². The normalized spacial score (nSPS) is 32.1. The van der Waals surface area contributed by atoms with E-state index in [0.717, 1.165) is 6.54 Å². The first kappa shape index (κ1) is 10.9. The van der Waals surface area contributed by atoms with Crippen molar-refractivity contribution in [2.75, 3.05) is 13.2 Å². The average Bonchev–Trinajstić information content (AvgIpc) is 3.02. The van der Waals surface area contributed by atoms with E-state index in [1.807, 2.05) is 6.92 Å². The van der Waals surface area contributed by atoms with Crippen molar-refractivity contribution in [3.05, 3.63) is 0 Å². The molecule has 1 aliphatic heterocycles.